The Morgan fingerprint density at radius 2 is 1.17 bits per heavy atom. The van der Waals surface area contributed by atoms with Gasteiger partial charge >= 0.3 is 39.7 Å². The summed E-state index contributed by atoms with van der Waals surface area (Å²) in [5.41, 5.74) is 0. The molecule has 0 saturated heterocycles. The second-order valence-electron chi connectivity index (χ2n) is 3.47. The van der Waals surface area contributed by atoms with Gasteiger partial charge in [-0.2, -0.15) is 52.3 Å². The summed E-state index contributed by atoms with van der Waals surface area (Å²) in [5.74, 6) is -7.02. The Balaban J connectivity index is 5.85. The van der Waals surface area contributed by atoms with E-state index >= 15 is 0 Å². The van der Waals surface area contributed by atoms with Crippen LogP contribution in [0.2, 0.25) is 0 Å². The number of halogens is 11. The standard InChI is InChI=1S/C7H3F11O4S/c1-2-21-4(10,11)3(8,9)5(12,13)22-6(14,15)7(16,17)23(18,19)20/h2H,1H2. The van der Waals surface area contributed by atoms with E-state index in [1.807, 2.05) is 0 Å². The number of rotatable bonds is 8. The fourth-order valence-corrected chi connectivity index (χ4v) is 1.10. The molecule has 0 spiro atoms. The van der Waals surface area contributed by atoms with Crippen molar-refractivity contribution in [2.75, 3.05) is 0 Å². The monoisotopic (exact) mass is 392 g/mol. The first kappa shape index (κ1) is 21.7. The van der Waals surface area contributed by atoms with E-state index in [9.17, 15) is 56.2 Å². The molecule has 0 heterocycles. The topological polar surface area (TPSA) is 52.6 Å². The second-order valence-corrected chi connectivity index (χ2v) is 4.85. The number of hydrogen-bond donors (Lipinski definition) is 0. The van der Waals surface area contributed by atoms with Crippen LogP contribution >= 0.6 is 0 Å². The molecule has 0 amide bonds. The van der Waals surface area contributed by atoms with E-state index < -0.39 is 46.0 Å². The highest BCUT2D eigenvalue weighted by atomic mass is 32.3. The molecule has 138 valence electrons. The number of ether oxygens (including phenoxy) is 2. The molecule has 23 heavy (non-hydrogen) atoms. The average Bonchev–Trinajstić information content (AvgIpc) is 2.24. The Bertz CT molecular complexity index is 555. The Hall–Kier alpha value is -1.32. The molecule has 0 aromatic heterocycles. The molecule has 4 nitrogen and oxygen atoms in total. The number of hydrogen-bond acceptors (Lipinski definition) is 4. The van der Waals surface area contributed by atoms with Crippen molar-refractivity contribution in [1.82, 2.24) is 0 Å². The van der Waals surface area contributed by atoms with Gasteiger partial charge < -0.3 is 4.74 Å². The van der Waals surface area contributed by atoms with Crippen molar-refractivity contribution in [3.05, 3.63) is 12.8 Å². The minimum Gasteiger partial charge on any atom is -0.436 e. The zero-order valence-corrected chi connectivity index (χ0v) is 10.8. The minimum absolute atomic E-state index is 0.525. The maximum absolute atomic E-state index is 12.8. The molecule has 0 bridgehead atoms. The van der Waals surface area contributed by atoms with Crippen molar-refractivity contribution in [1.29, 1.82) is 0 Å². The average molecular weight is 392 g/mol. The summed E-state index contributed by atoms with van der Waals surface area (Å²) in [5, 5.41) is -7.09. The van der Waals surface area contributed by atoms with E-state index in [0.29, 0.717) is 0 Å². The van der Waals surface area contributed by atoms with Gasteiger partial charge in [-0.3, -0.25) is 0 Å². The molecule has 0 atom stereocenters. The summed E-state index contributed by atoms with van der Waals surface area (Å²) in [6.07, 6.45) is -21.1. The molecule has 0 saturated carbocycles. The van der Waals surface area contributed by atoms with Crippen LogP contribution in [0.1, 0.15) is 0 Å². The van der Waals surface area contributed by atoms with Crippen LogP contribution in [0.5, 0.6) is 0 Å². The lowest BCUT2D eigenvalue weighted by Crippen LogP contribution is -2.61. The van der Waals surface area contributed by atoms with Gasteiger partial charge in [0.05, 0.1) is 6.26 Å². The molecule has 0 N–H and O–H groups in total. The lowest BCUT2D eigenvalue weighted by Gasteiger charge is -2.33. The summed E-state index contributed by atoms with van der Waals surface area (Å²) in [4.78, 5) is 0. The van der Waals surface area contributed by atoms with Gasteiger partial charge in [-0.25, -0.2) is 4.74 Å². The fraction of sp³-hybridized carbons (Fsp3) is 0.714. The van der Waals surface area contributed by atoms with E-state index in [-0.39, 0.29) is 0 Å². The largest absolute Gasteiger partial charge is 0.473 e. The van der Waals surface area contributed by atoms with Crippen LogP contribution in [0.25, 0.3) is 0 Å². The van der Waals surface area contributed by atoms with Gasteiger partial charge in [-0.15, -0.1) is 0 Å². The lowest BCUT2D eigenvalue weighted by molar-refractivity contribution is -0.496. The van der Waals surface area contributed by atoms with Gasteiger partial charge in [0.15, 0.2) is 0 Å². The Morgan fingerprint density at radius 3 is 1.48 bits per heavy atom. The molecule has 0 radical (unpaired) electrons. The van der Waals surface area contributed by atoms with Crippen LogP contribution in [0.15, 0.2) is 12.8 Å². The van der Waals surface area contributed by atoms with Crippen LogP contribution in [0.3, 0.4) is 0 Å². The zero-order valence-electron chi connectivity index (χ0n) is 9.98. The summed E-state index contributed by atoms with van der Waals surface area (Å²) >= 11 is 0. The van der Waals surface area contributed by atoms with Crippen LogP contribution < -0.4 is 0 Å². The molecule has 0 fully saturated rings. The van der Waals surface area contributed by atoms with E-state index in [1.165, 1.54) is 4.74 Å². The van der Waals surface area contributed by atoms with Gasteiger partial charge in [0.25, 0.3) is 0 Å². The summed E-state index contributed by atoms with van der Waals surface area (Å²) < 4.78 is 162. The molecule has 0 unspecified atom stereocenters. The van der Waals surface area contributed by atoms with Gasteiger partial charge in [0, 0.05) is 0 Å². The first-order chi connectivity index (χ1) is 9.77. The van der Waals surface area contributed by atoms with Crippen molar-refractivity contribution < 1.29 is 65.7 Å². The molecule has 16 heteroatoms. The fourth-order valence-electron chi connectivity index (χ4n) is 0.774. The SMILES string of the molecule is C=COC(F)(F)C(F)(F)C(F)(F)OC(F)(F)C(F)(F)S(=O)(=O)F. The van der Waals surface area contributed by atoms with E-state index in [2.05, 4.69) is 11.3 Å². The molecule has 0 aromatic carbocycles. The highest BCUT2D eigenvalue weighted by molar-refractivity contribution is 7.87. The van der Waals surface area contributed by atoms with E-state index in [4.69, 9.17) is 0 Å². The Kier molecular flexibility index (Phi) is 5.32. The van der Waals surface area contributed by atoms with Crippen LogP contribution in [0.4, 0.5) is 47.8 Å². The van der Waals surface area contributed by atoms with Crippen molar-refractivity contribution in [2.45, 2.75) is 29.5 Å². The number of alkyl halides is 10. The van der Waals surface area contributed by atoms with E-state index in [0.717, 1.165) is 0 Å². The van der Waals surface area contributed by atoms with E-state index in [1.54, 1.807) is 0 Å². The summed E-state index contributed by atoms with van der Waals surface area (Å²) in [6, 6.07) is 0. The normalized spacial score (nSPS) is 15.4. The smallest absolute Gasteiger partial charge is 0.436 e. The summed E-state index contributed by atoms with van der Waals surface area (Å²) in [7, 11) is -7.65. The summed E-state index contributed by atoms with van der Waals surface area (Å²) in [6.45, 7) is 2.27. The van der Waals surface area contributed by atoms with Gasteiger partial charge in [0.2, 0.25) is 0 Å². The van der Waals surface area contributed by atoms with Crippen LogP contribution in [0, 0.1) is 0 Å². The van der Waals surface area contributed by atoms with Crippen molar-refractivity contribution in [3.8, 4) is 0 Å². The van der Waals surface area contributed by atoms with Gasteiger partial charge in [-0.1, -0.05) is 10.5 Å². The van der Waals surface area contributed by atoms with Crippen LogP contribution in [-0.2, 0) is 19.7 Å². The maximum atomic E-state index is 12.8. The lowest BCUT2D eigenvalue weighted by atomic mass is 10.3. The van der Waals surface area contributed by atoms with Crippen molar-refractivity contribution >= 4 is 10.2 Å². The second kappa shape index (κ2) is 5.64. The Labute approximate surface area is 119 Å². The van der Waals surface area contributed by atoms with Crippen LogP contribution in [-0.4, -0.2) is 37.9 Å². The van der Waals surface area contributed by atoms with Gasteiger partial charge in [-0.05, 0) is 0 Å². The van der Waals surface area contributed by atoms with Gasteiger partial charge in [0.1, 0.15) is 0 Å². The first-order valence-electron chi connectivity index (χ1n) is 4.59. The molecular formula is C7H3F11O4S. The zero-order chi connectivity index (χ0) is 19.1. The highest BCUT2D eigenvalue weighted by Gasteiger charge is 2.81. The Morgan fingerprint density at radius 1 is 0.783 bits per heavy atom. The molecule has 0 aliphatic carbocycles. The minimum atomic E-state index is -7.65. The molecule has 0 aromatic rings. The third-order valence-electron chi connectivity index (χ3n) is 1.86. The third-order valence-corrected chi connectivity index (χ3v) is 2.71. The molecular weight excluding hydrogens is 389 g/mol. The maximum Gasteiger partial charge on any atom is 0.473 e. The molecule has 0 rings (SSSR count). The highest BCUT2D eigenvalue weighted by Crippen LogP contribution is 2.52. The third kappa shape index (κ3) is 3.61. The molecule has 0 aliphatic rings. The molecule has 0 aliphatic heterocycles. The predicted molar refractivity (Wildman–Crippen MR) is 47.1 cm³/mol. The quantitative estimate of drug-likeness (QED) is 0.361. The first-order valence-corrected chi connectivity index (χ1v) is 5.97. The van der Waals surface area contributed by atoms with Crippen molar-refractivity contribution in [2.24, 2.45) is 0 Å². The van der Waals surface area contributed by atoms with Crippen molar-refractivity contribution in [3.63, 3.8) is 0 Å². The predicted octanol–water partition coefficient (Wildman–Crippen LogP) is 3.47.